The van der Waals surface area contributed by atoms with Gasteiger partial charge in [0.15, 0.2) is 11.1 Å². The first-order valence-corrected chi connectivity index (χ1v) is 7.94. The number of hydrogen-bond acceptors (Lipinski definition) is 4. The summed E-state index contributed by atoms with van der Waals surface area (Å²) in [5.41, 5.74) is 2.32. The van der Waals surface area contributed by atoms with Crippen LogP contribution in [0.5, 0.6) is 0 Å². The second-order valence-corrected chi connectivity index (χ2v) is 6.11. The van der Waals surface area contributed by atoms with Crippen molar-refractivity contribution in [2.45, 2.75) is 25.2 Å². The first kappa shape index (κ1) is 15.0. The number of imidazole rings is 1. The fraction of sp³-hybridized carbons (Fsp3) is 0.353. The highest BCUT2D eigenvalue weighted by Gasteiger charge is 2.43. The molecule has 1 fully saturated rings. The standard InChI is InChI=1S/C17H18FN5O/c18-14-12(8-24-7-11-4-2-1-3-5-11)6-13(14)23-10-22-17-15(16(23)19)20-9-21-17/h1-5,9-10,12-14,19H,6-8H2,(H,20,21)/t12-,13+,14-/m1/s1. The Bertz CT molecular complexity index is 891. The van der Waals surface area contributed by atoms with Gasteiger partial charge in [-0.1, -0.05) is 30.3 Å². The SMILES string of the molecule is N=c1c2[nH]cnc2ncn1[C@H]1C[C@H](COCc2ccccc2)[C@H]1F. The lowest BCUT2D eigenvalue weighted by Crippen LogP contribution is -2.46. The van der Waals surface area contributed by atoms with Crippen LogP contribution in [0.15, 0.2) is 43.0 Å². The van der Waals surface area contributed by atoms with Crippen molar-refractivity contribution in [3.05, 3.63) is 54.0 Å². The van der Waals surface area contributed by atoms with Crippen LogP contribution >= 0.6 is 0 Å². The fourth-order valence-corrected chi connectivity index (χ4v) is 3.13. The van der Waals surface area contributed by atoms with Crippen LogP contribution in [-0.4, -0.2) is 32.3 Å². The molecule has 0 amide bonds. The molecule has 4 rings (SSSR count). The summed E-state index contributed by atoms with van der Waals surface area (Å²) in [7, 11) is 0. The van der Waals surface area contributed by atoms with Crippen molar-refractivity contribution >= 4 is 11.2 Å². The van der Waals surface area contributed by atoms with Gasteiger partial charge in [-0.3, -0.25) is 5.41 Å². The van der Waals surface area contributed by atoms with Crippen LogP contribution in [0.3, 0.4) is 0 Å². The lowest BCUT2D eigenvalue weighted by atomic mass is 9.78. The van der Waals surface area contributed by atoms with Gasteiger partial charge in [-0.25, -0.2) is 14.4 Å². The predicted molar refractivity (Wildman–Crippen MR) is 85.9 cm³/mol. The Kier molecular flexibility index (Phi) is 3.86. The Morgan fingerprint density at radius 3 is 2.92 bits per heavy atom. The van der Waals surface area contributed by atoms with E-state index in [1.807, 2.05) is 30.3 Å². The molecule has 1 aromatic carbocycles. The molecule has 1 saturated carbocycles. The number of aromatic amines is 1. The number of rotatable bonds is 5. The van der Waals surface area contributed by atoms with E-state index in [1.54, 1.807) is 4.57 Å². The minimum absolute atomic E-state index is 0.136. The average Bonchev–Trinajstić information content (AvgIpc) is 3.09. The fourth-order valence-electron chi connectivity index (χ4n) is 3.13. The summed E-state index contributed by atoms with van der Waals surface area (Å²) in [6, 6.07) is 9.50. The molecule has 7 heteroatoms. The molecule has 124 valence electrons. The van der Waals surface area contributed by atoms with Crippen molar-refractivity contribution in [1.82, 2.24) is 19.5 Å². The van der Waals surface area contributed by atoms with Crippen LogP contribution in [0, 0.1) is 11.3 Å². The Hall–Kier alpha value is -2.54. The summed E-state index contributed by atoms with van der Waals surface area (Å²) in [5, 5.41) is 8.18. The summed E-state index contributed by atoms with van der Waals surface area (Å²) < 4.78 is 21.7. The number of halogens is 1. The summed E-state index contributed by atoms with van der Waals surface area (Å²) in [6.07, 6.45) is 2.61. The molecule has 6 nitrogen and oxygen atoms in total. The second-order valence-electron chi connectivity index (χ2n) is 6.11. The van der Waals surface area contributed by atoms with E-state index in [-0.39, 0.29) is 17.4 Å². The van der Waals surface area contributed by atoms with Crippen molar-refractivity contribution in [3.8, 4) is 0 Å². The molecule has 1 aliphatic rings. The number of aromatic nitrogens is 4. The highest BCUT2D eigenvalue weighted by molar-refractivity contribution is 5.67. The van der Waals surface area contributed by atoms with E-state index in [4.69, 9.17) is 10.1 Å². The number of benzene rings is 1. The first-order chi connectivity index (χ1) is 11.7. The van der Waals surface area contributed by atoms with Gasteiger partial charge < -0.3 is 14.3 Å². The van der Waals surface area contributed by atoms with Gasteiger partial charge in [0, 0.05) is 5.92 Å². The van der Waals surface area contributed by atoms with Gasteiger partial charge in [0.05, 0.1) is 31.9 Å². The van der Waals surface area contributed by atoms with Crippen molar-refractivity contribution in [2.75, 3.05) is 6.61 Å². The van der Waals surface area contributed by atoms with E-state index in [9.17, 15) is 4.39 Å². The minimum Gasteiger partial charge on any atom is -0.376 e. The van der Waals surface area contributed by atoms with Crippen molar-refractivity contribution in [1.29, 1.82) is 5.41 Å². The molecule has 0 bridgehead atoms. The lowest BCUT2D eigenvalue weighted by Gasteiger charge is -2.40. The highest BCUT2D eigenvalue weighted by Crippen LogP contribution is 2.40. The number of nitrogens with one attached hydrogen (secondary N) is 2. The van der Waals surface area contributed by atoms with E-state index in [0.717, 1.165) is 5.56 Å². The molecular weight excluding hydrogens is 309 g/mol. The number of nitrogens with zero attached hydrogens (tertiary/aromatic N) is 3. The molecule has 2 heterocycles. The molecule has 1 aliphatic carbocycles. The maximum atomic E-state index is 14.5. The number of ether oxygens (including phenoxy) is 1. The van der Waals surface area contributed by atoms with Gasteiger partial charge in [-0.2, -0.15) is 0 Å². The van der Waals surface area contributed by atoms with Gasteiger partial charge in [-0.05, 0) is 12.0 Å². The quantitative estimate of drug-likeness (QED) is 0.755. The Labute approximate surface area is 137 Å². The molecule has 0 saturated heterocycles. The largest absolute Gasteiger partial charge is 0.376 e. The average molecular weight is 327 g/mol. The zero-order valence-electron chi connectivity index (χ0n) is 13.0. The van der Waals surface area contributed by atoms with Crippen LogP contribution in [-0.2, 0) is 11.3 Å². The van der Waals surface area contributed by atoms with Gasteiger partial charge in [0.2, 0.25) is 0 Å². The number of hydrogen-bond donors (Lipinski definition) is 2. The van der Waals surface area contributed by atoms with Crippen molar-refractivity contribution in [3.63, 3.8) is 0 Å². The molecule has 0 unspecified atom stereocenters. The summed E-state index contributed by atoms with van der Waals surface area (Å²) >= 11 is 0. The maximum absolute atomic E-state index is 14.5. The zero-order valence-corrected chi connectivity index (χ0v) is 13.0. The molecule has 2 aromatic heterocycles. The van der Waals surface area contributed by atoms with Crippen molar-refractivity contribution in [2.24, 2.45) is 5.92 Å². The number of H-pyrrole nitrogens is 1. The maximum Gasteiger partial charge on any atom is 0.182 e. The Morgan fingerprint density at radius 1 is 1.29 bits per heavy atom. The van der Waals surface area contributed by atoms with Crippen LogP contribution < -0.4 is 5.49 Å². The van der Waals surface area contributed by atoms with Gasteiger partial charge >= 0.3 is 0 Å². The van der Waals surface area contributed by atoms with E-state index >= 15 is 0 Å². The molecule has 0 aliphatic heterocycles. The molecule has 3 atom stereocenters. The summed E-state index contributed by atoms with van der Waals surface area (Å²) in [4.78, 5) is 11.1. The third-order valence-corrected chi connectivity index (χ3v) is 4.58. The third-order valence-electron chi connectivity index (χ3n) is 4.58. The van der Waals surface area contributed by atoms with Gasteiger partial charge in [0.1, 0.15) is 11.7 Å². The van der Waals surface area contributed by atoms with Crippen LogP contribution in [0.2, 0.25) is 0 Å². The monoisotopic (exact) mass is 327 g/mol. The van der Waals surface area contributed by atoms with E-state index in [1.165, 1.54) is 12.7 Å². The summed E-state index contributed by atoms with van der Waals surface area (Å²) in [5.74, 6) is -0.136. The molecule has 0 radical (unpaired) electrons. The molecule has 24 heavy (non-hydrogen) atoms. The Balaban J connectivity index is 1.38. The second kappa shape index (κ2) is 6.16. The normalized spacial score (nSPS) is 23.3. The molecule has 2 N–H and O–H groups in total. The van der Waals surface area contributed by atoms with E-state index < -0.39 is 6.17 Å². The predicted octanol–water partition coefficient (Wildman–Crippen LogP) is 2.35. The summed E-state index contributed by atoms with van der Waals surface area (Å²) in [6.45, 7) is 0.882. The van der Waals surface area contributed by atoms with Crippen LogP contribution in [0.4, 0.5) is 4.39 Å². The number of fused-ring (bicyclic) bond motifs is 1. The first-order valence-electron chi connectivity index (χ1n) is 7.94. The zero-order chi connectivity index (χ0) is 16.5. The molecule has 3 aromatic rings. The lowest BCUT2D eigenvalue weighted by molar-refractivity contribution is -0.0316. The van der Waals surface area contributed by atoms with E-state index in [2.05, 4.69) is 15.0 Å². The van der Waals surface area contributed by atoms with Crippen molar-refractivity contribution < 1.29 is 9.13 Å². The third kappa shape index (κ3) is 2.60. The molecule has 0 spiro atoms. The Morgan fingerprint density at radius 2 is 2.12 bits per heavy atom. The van der Waals surface area contributed by atoms with Crippen LogP contribution in [0.1, 0.15) is 18.0 Å². The smallest absolute Gasteiger partial charge is 0.182 e. The van der Waals surface area contributed by atoms with Gasteiger partial charge in [0.25, 0.3) is 0 Å². The minimum atomic E-state index is -1.03. The van der Waals surface area contributed by atoms with Gasteiger partial charge in [-0.15, -0.1) is 0 Å². The number of alkyl halides is 1. The highest BCUT2D eigenvalue weighted by atomic mass is 19.1. The topological polar surface area (TPSA) is 79.6 Å². The van der Waals surface area contributed by atoms with Crippen LogP contribution in [0.25, 0.3) is 11.2 Å². The van der Waals surface area contributed by atoms with E-state index in [0.29, 0.717) is 30.8 Å². The molecular formula is C17H18FN5O.